The number of aryl methyl sites for hydroxylation is 1. The zero-order valence-corrected chi connectivity index (χ0v) is 13.7. The van der Waals surface area contributed by atoms with Gasteiger partial charge >= 0.3 is 0 Å². The van der Waals surface area contributed by atoms with Gasteiger partial charge in [0, 0.05) is 12.6 Å². The summed E-state index contributed by atoms with van der Waals surface area (Å²) in [5.74, 6) is 1.63. The van der Waals surface area contributed by atoms with Crippen molar-refractivity contribution in [3.63, 3.8) is 0 Å². The monoisotopic (exact) mass is 351 g/mol. The molecular weight excluding hydrogens is 334 g/mol. The Hall–Kier alpha value is -1.53. The van der Waals surface area contributed by atoms with Gasteiger partial charge in [-0.15, -0.1) is 0 Å². The minimum absolute atomic E-state index is 0.00600. The van der Waals surface area contributed by atoms with Crippen LogP contribution in [0, 0.1) is 0 Å². The van der Waals surface area contributed by atoms with Crippen LogP contribution < -0.4 is 14.8 Å². The van der Waals surface area contributed by atoms with Crippen molar-refractivity contribution in [2.45, 2.75) is 13.0 Å². The summed E-state index contributed by atoms with van der Waals surface area (Å²) < 4.78 is 14.4. The summed E-state index contributed by atoms with van der Waals surface area (Å²) in [6, 6.07) is 6.00. The summed E-state index contributed by atoms with van der Waals surface area (Å²) >= 11 is 3.59. The van der Waals surface area contributed by atoms with Gasteiger partial charge in [0.15, 0.2) is 11.5 Å². The third-order valence-corrected chi connectivity index (χ3v) is 4.14. The molecule has 0 fully saturated rings. The first-order valence-electron chi connectivity index (χ1n) is 7.01. The van der Waals surface area contributed by atoms with Gasteiger partial charge < -0.3 is 14.8 Å². The molecule has 0 radical (unpaired) electrons. The van der Waals surface area contributed by atoms with Crippen LogP contribution in [0.15, 0.2) is 28.9 Å². The first-order valence-corrected chi connectivity index (χ1v) is 7.81. The molecule has 6 heteroatoms. The fourth-order valence-corrected chi connectivity index (χ4v) is 3.20. The number of ether oxygens (including phenoxy) is 2. The second kappa shape index (κ2) is 6.07. The number of nitrogens with one attached hydrogen (secondary N) is 1. The average Bonchev–Trinajstić information content (AvgIpc) is 2.84. The van der Waals surface area contributed by atoms with Gasteiger partial charge in [-0.1, -0.05) is 19.1 Å². The van der Waals surface area contributed by atoms with Crippen LogP contribution in [0.5, 0.6) is 11.5 Å². The predicted octanol–water partition coefficient (Wildman–Crippen LogP) is 2.65. The summed E-state index contributed by atoms with van der Waals surface area (Å²) in [7, 11) is 1.94. The summed E-state index contributed by atoms with van der Waals surface area (Å²) in [5.41, 5.74) is 2.14. The quantitative estimate of drug-likeness (QED) is 0.919. The molecule has 1 N–H and O–H groups in total. The third kappa shape index (κ3) is 2.65. The molecule has 1 atom stereocenters. The van der Waals surface area contributed by atoms with Gasteiger partial charge in [0.05, 0.1) is 22.4 Å². The smallest absolute Gasteiger partial charge is 0.166 e. The number of nitrogens with zero attached hydrogens (tertiary/aromatic N) is 2. The molecule has 0 aliphatic carbocycles. The van der Waals surface area contributed by atoms with E-state index < -0.39 is 0 Å². The van der Waals surface area contributed by atoms with Crippen molar-refractivity contribution in [3.8, 4) is 11.5 Å². The number of benzene rings is 1. The molecule has 2 heterocycles. The summed E-state index contributed by atoms with van der Waals surface area (Å²) in [6.45, 7) is 4.10. The maximum absolute atomic E-state index is 5.85. The molecule has 1 aromatic heterocycles. The number of para-hydroxylation sites is 1. The molecule has 1 aliphatic heterocycles. The lowest BCUT2D eigenvalue weighted by Crippen LogP contribution is -2.26. The lowest BCUT2D eigenvalue weighted by atomic mass is 10.0. The number of fused-ring (bicyclic) bond motifs is 1. The van der Waals surface area contributed by atoms with E-state index in [1.165, 1.54) is 0 Å². The van der Waals surface area contributed by atoms with Gasteiger partial charge in [0.1, 0.15) is 13.2 Å². The highest BCUT2D eigenvalue weighted by atomic mass is 79.9. The predicted molar refractivity (Wildman–Crippen MR) is 83.9 cm³/mol. The van der Waals surface area contributed by atoms with Crippen LogP contribution in [0.25, 0.3) is 0 Å². The van der Waals surface area contributed by atoms with Gasteiger partial charge in [-0.05, 0) is 28.5 Å². The molecule has 112 valence electrons. The first-order chi connectivity index (χ1) is 10.2. The average molecular weight is 352 g/mol. The Labute approximate surface area is 132 Å². The van der Waals surface area contributed by atoms with E-state index in [9.17, 15) is 0 Å². The summed E-state index contributed by atoms with van der Waals surface area (Å²) in [5, 5.41) is 7.82. The summed E-state index contributed by atoms with van der Waals surface area (Å²) in [4.78, 5) is 0. The van der Waals surface area contributed by atoms with Crippen molar-refractivity contribution in [1.29, 1.82) is 0 Å². The topological polar surface area (TPSA) is 48.3 Å². The maximum Gasteiger partial charge on any atom is 0.166 e. The van der Waals surface area contributed by atoms with Crippen LogP contribution >= 0.6 is 15.9 Å². The second-order valence-corrected chi connectivity index (χ2v) is 5.72. The second-order valence-electron chi connectivity index (χ2n) is 4.86. The van der Waals surface area contributed by atoms with Crippen LogP contribution in [-0.4, -0.2) is 29.5 Å². The normalized spacial score (nSPS) is 15.0. The minimum atomic E-state index is -0.00600. The van der Waals surface area contributed by atoms with Crippen molar-refractivity contribution in [1.82, 2.24) is 15.1 Å². The highest BCUT2D eigenvalue weighted by Crippen LogP contribution is 2.40. The van der Waals surface area contributed by atoms with E-state index >= 15 is 0 Å². The van der Waals surface area contributed by atoms with Crippen LogP contribution in [0.1, 0.15) is 24.2 Å². The Kier molecular flexibility index (Phi) is 4.17. The minimum Gasteiger partial charge on any atom is -0.486 e. The van der Waals surface area contributed by atoms with Crippen molar-refractivity contribution in [2.75, 3.05) is 19.8 Å². The molecule has 3 rings (SSSR count). The van der Waals surface area contributed by atoms with E-state index in [2.05, 4.69) is 39.3 Å². The number of hydrogen-bond donors (Lipinski definition) is 1. The maximum atomic E-state index is 5.85. The van der Waals surface area contributed by atoms with Crippen molar-refractivity contribution in [2.24, 2.45) is 7.05 Å². The molecule has 0 spiro atoms. The molecule has 0 saturated carbocycles. The van der Waals surface area contributed by atoms with Crippen LogP contribution in [0.2, 0.25) is 0 Å². The Bertz CT molecular complexity index is 622. The molecule has 1 aliphatic rings. The highest BCUT2D eigenvalue weighted by molar-refractivity contribution is 9.10. The Balaban J connectivity index is 2.10. The highest BCUT2D eigenvalue weighted by Gasteiger charge is 2.26. The molecule has 21 heavy (non-hydrogen) atoms. The molecule has 0 amide bonds. The van der Waals surface area contributed by atoms with Gasteiger partial charge in [-0.2, -0.15) is 5.10 Å². The van der Waals surface area contributed by atoms with E-state index in [0.717, 1.165) is 33.8 Å². The van der Waals surface area contributed by atoms with Crippen LogP contribution in [0.4, 0.5) is 0 Å². The zero-order chi connectivity index (χ0) is 14.8. The largest absolute Gasteiger partial charge is 0.486 e. The number of rotatable bonds is 4. The fraction of sp³-hybridized carbons (Fsp3) is 0.400. The molecular formula is C15H18BrN3O2. The van der Waals surface area contributed by atoms with Crippen molar-refractivity contribution < 1.29 is 9.47 Å². The SMILES string of the molecule is CCNC(c1cccc2c1OCCO2)c1c(Br)cnn1C. The van der Waals surface area contributed by atoms with Gasteiger partial charge in [0.25, 0.3) is 0 Å². The molecule has 0 saturated heterocycles. The Morgan fingerprint density at radius 3 is 2.90 bits per heavy atom. The Morgan fingerprint density at radius 2 is 2.19 bits per heavy atom. The first kappa shape index (κ1) is 14.4. The van der Waals surface area contributed by atoms with E-state index in [1.54, 1.807) is 0 Å². The van der Waals surface area contributed by atoms with E-state index in [1.807, 2.05) is 30.1 Å². The number of hydrogen-bond acceptors (Lipinski definition) is 4. The lowest BCUT2D eigenvalue weighted by Gasteiger charge is -2.26. The van der Waals surface area contributed by atoms with E-state index in [0.29, 0.717) is 13.2 Å². The Morgan fingerprint density at radius 1 is 1.38 bits per heavy atom. The third-order valence-electron chi connectivity index (χ3n) is 3.53. The fourth-order valence-electron chi connectivity index (χ4n) is 2.63. The van der Waals surface area contributed by atoms with Gasteiger partial charge in [0.2, 0.25) is 0 Å². The lowest BCUT2D eigenvalue weighted by molar-refractivity contribution is 0.169. The molecule has 0 bridgehead atoms. The van der Waals surface area contributed by atoms with Crippen LogP contribution in [0.3, 0.4) is 0 Å². The van der Waals surface area contributed by atoms with Crippen molar-refractivity contribution >= 4 is 15.9 Å². The van der Waals surface area contributed by atoms with Gasteiger partial charge in [-0.25, -0.2) is 0 Å². The summed E-state index contributed by atoms with van der Waals surface area (Å²) in [6.07, 6.45) is 1.81. The standard InChI is InChI=1S/C15H18BrN3O2/c1-3-17-13(14-11(16)9-18-19(14)2)10-5-4-6-12-15(10)21-8-7-20-12/h4-6,9,13,17H,3,7-8H2,1-2H3. The van der Waals surface area contributed by atoms with E-state index in [-0.39, 0.29) is 6.04 Å². The molecule has 1 unspecified atom stereocenters. The molecule has 1 aromatic carbocycles. The number of aromatic nitrogens is 2. The van der Waals surface area contributed by atoms with E-state index in [4.69, 9.17) is 9.47 Å². The molecule has 5 nitrogen and oxygen atoms in total. The van der Waals surface area contributed by atoms with Gasteiger partial charge in [-0.3, -0.25) is 4.68 Å². The number of halogens is 1. The van der Waals surface area contributed by atoms with Crippen molar-refractivity contribution in [3.05, 3.63) is 40.1 Å². The molecule has 2 aromatic rings. The zero-order valence-electron chi connectivity index (χ0n) is 12.1. The van der Waals surface area contributed by atoms with Crippen LogP contribution in [-0.2, 0) is 7.05 Å².